The molecule has 0 spiro atoms. The first-order valence-electron chi connectivity index (χ1n) is 4.79. The molecule has 3 atom stereocenters. The predicted molar refractivity (Wildman–Crippen MR) is 78.7 cm³/mol. The molecule has 2 bridgehead atoms. The maximum atomic E-state index is 9.32. The summed E-state index contributed by atoms with van der Waals surface area (Å²) >= 11 is 14.4. The van der Waals surface area contributed by atoms with Crippen molar-refractivity contribution in [1.29, 1.82) is 5.26 Å². The van der Waals surface area contributed by atoms with Gasteiger partial charge in [0.05, 0.1) is 12.0 Å². The Morgan fingerprint density at radius 1 is 1.24 bits per heavy atom. The molecule has 0 radical (unpaired) electrons. The van der Waals surface area contributed by atoms with Crippen molar-refractivity contribution >= 4 is 63.7 Å². The number of fused-ring (bicyclic) bond motifs is 2. The van der Waals surface area contributed by atoms with Crippen LogP contribution in [0.2, 0.25) is 0 Å². The van der Waals surface area contributed by atoms with Gasteiger partial charge in [-0.2, -0.15) is 5.26 Å². The van der Waals surface area contributed by atoms with E-state index < -0.39 is 14.4 Å². The van der Waals surface area contributed by atoms with Gasteiger partial charge in [0.2, 0.25) is 5.79 Å². The third-order valence-corrected chi connectivity index (χ3v) is 9.96. The number of rotatable bonds is 2. The highest BCUT2D eigenvalue weighted by molar-refractivity contribution is 9.16. The molecule has 0 unspecified atom stereocenters. The first-order valence-corrected chi connectivity index (χ1v) is 7.97. The normalized spacial score (nSPS) is 43.0. The summed E-state index contributed by atoms with van der Waals surface area (Å²) < 4.78 is 11.8. The van der Waals surface area contributed by atoms with Crippen LogP contribution >= 0.6 is 63.7 Å². The van der Waals surface area contributed by atoms with Crippen LogP contribution in [0.25, 0.3) is 0 Å². The van der Waals surface area contributed by atoms with Gasteiger partial charge in [-0.3, -0.25) is 0 Å². The standard InChI is InChI=1S/C10H9Br4NO2/c1-16-10(17-2)8(13)3-5(4-15)9(10,14)7(12)6(8)11/h5H,3H2,1-2H3/t5-,8-,9+/m0/s1. The topological polar surface area (TPSA) is 42.2 Å². The Hall–Kier alpha value is 1.07. The minimum Gasteiger partial charge on any atom is -0.350 e. The Bertz CT molecular complexity index is 442. The summed E-state index contributed by atoms with van der Waals surface area (Å²) in [4.78, 5) is 0. The van der Waals surface area contributed by atoms with Gasteiger partial charge in [0.15, 0.2) is 0 Å². The van der Waals surface area contributed by atoms with Crippen molar-refractivity contribution in [2.75, 3.05) is 14.2 Å². The van der Waals surface area contributed by atoms with Crippen LogP contribution in [0.3, 0.4) is 0 Å². The highest BCUT2D eigenvalue weighted by atomic mass is 79.9. The van der Waals surface area contributed by atoms with Gasteiger partial charge in [0.1, 0.15) is 8.65 Å². The summed E-state index contributed by atoms with van der Waals surface area (Å²) in [7, 11) is 3.17. The highest BCUT2D eigenvalue weighted by Gasteiger charge is 2.79. The van der Waals surface area contributed by atoms with Crippen LogP contribution in [-0.4, -0.2) is 28.7 Å². The third kappa shape index (κ3) is 1.33. The van der Waals surface area contributed by atoms with Gasteiger partial charge in [0.25, 0.3) is 0 Å². The van der Waals surface area contributed by atoms with Crippen LogP contribution in [-0.2, 0) is 9.47 Å². The monoisotopic (exact) mass is 491 g/mol. The van der Waals surface area contributed by atoms with Gasteiger partial charge in [-0.1, -0.05) is 63.7 Å². The van der Waals surface area contributed by atoms with Crippen molar-refractivity contribution in [2.24, 2.45) is 5.92 Å². The molecule has 1 fully saturated rings. The van der Waals surface area contributed by atoms with Gasteiger partial charge in [0, 0.05) is 23.2 Å². The molecule has 0 saturated heterocycles. The number of nitrogens with zero attached hydrogens (tertiary/aromatic N) is 1. The highest BCUT2D eigenvalue weighted by Crippen LogP contribution is 2.73. The lowest BCUT2D eigenvalue weighted by Gasteiger charge is -2.41. The second-order valence-electron chi connectivity index (χ2n) is 4.05. The minimum atomic E-state index is -0.960. The Balaban J connectivity index is 2.74. The van der Waals surface area contributed by atoms with E-state index in [-0.39, 0.29) is 5.92 Å². The Kier molecular flexibility index (Phi) is 3.65. The molecule has 0 N–H and O–H groups in total. The summed E-state index contributed by atoms with van der Waals surface area (Å²) in [6.45, 7) is 0. The van der Waals surface area contributed by atoms with E-state index >= 15 is 0 Å². The van der Waals surface area contributed by atoms with E-state index in [1.165, 1.54) is 0 Å². The molecule has 0 amide bonds. The van der Waals surface area contributed by atoms with Crippen molar-refractivity contribution in [2.45, 2.75) is 20.9 Å². The number of halogens is 4. The van der Waals surface area contributed by atoms with E-state index in [4.69, 9.17) is 9.47 Å². The molecule has 3 nitrogen and oxygen atoms in total. The van der Waals surface area contributed by atoms with E-state index in [2.05, 4.69) is 69.8 Å². The van der Waals surface area contributed by atoms with Crippen molar-refractivity contribution in [3.8, 4) is 6.07 Å². The molecule has 2 rings (SSSR count). The zero-order chi connectivity index (χ0) is 13.1. The molecular weight excluding hydrogens is 486 g/mol. The van der Waals surface area contributed by atoms with Crippen LogP contribution in [0.15, 0.2) is 8.96 Å². The van der Waals surface area contributed by atoms with Gasteiger partial charge >= 0.3 is 0 Å². The fourth-order valence-corrected chi connectivity index (χ4v) is 7.47. The van der Waals surface area contributed by atoms with Gasteiger partial charge in [-0.15, -0.1) is 0 Å². The maximum absolute atomic E-state index is 9.32. The second-order valence-corrected chi connectivity index (χ2v) is 8.24. The number of methoxy groups -OCH3 is 2. The number of hydrogen-bond donors (Lipinski definition) is 0. The molecule has 1 saturated carbocycles. The molecule has 0 aromatic carbocycles. The van der Waals surface area contributed by atoms with E-state index in [1.807, 2.05) is 0 Å². The first-order chi connectivity index (χ1) is 7.85. The van der Waals surface area contributed by atoms with Crippen LogP contribution in [0.1, 0.15) is 6.42 Å². The molecule has 7 heteroatoms. The fraction of sp³-hybridized carbons (Fsp3) is 0.700. The molecule has 2 aliphatic rings. The summed E-state index contributed by atoms with van der Waals surface area (Å²) in [6.07, 6.45) is 0.603. The van der Waals surface area contributed by atoms with Crippen molar-refractivity contribution in [3.63, 3.8) is 0 Å². The van der Waals surface area contributed by atoms with Crippen LogP contribution < -0.4 is 0 Å². The van der Waals surface area contributed by atoms with Crippen molar-refractivity contribution in [3.05, 3.63) is 8.96 Å². The van der Waals surface area contributed by atoms with Crippen molar-refractivity contribution < 1.29 is 9.47 Å². The average Bonchev–Trinajstić information content (AvgIpc) is 2.60. The fourth-order valence-electron chi connectivity index (χ4n) is 2.78. The molecule has 2 aliphatic carbocycles. The quantitative estimate of drug-likeness (QED) is 0.433. The molecule has 0 aliphatic heterocycles. The number of nitriles is 1. The smallest absolute Gasteiger partial charge is 0.209 e. The third-order valence-electron chi connectivity index (χ3n) is 3.56. The van der Waals surface area contributed by atoms with Gasteiger partial charge in [-0.25, -0.2) is 0 Å². The summed E-state index contributed by atoms with van der Waals surface area (Å²) in [6, 6.07) is 2.31. The van der Waals surface area contributed by atoms with E-state index in [0.717, 1.165) is 8.96 Å². The minimum absolute atomic E-state index is 0.252. The second kappa shape index (κ2) is 4.29. The molecule has 0 heterocycles. The van der Waals surface area contributed by atoms with E-state index in [1.54, 1.807) is 14.2 Å². The Morgan fingerprint density at radius 3 is 2.12 bits per heavy atom. The molecule has 17 heavy (non-hydrogen) atoms. The lowest BCUT2D eigenvalue weighted by atomic mass is 9.94. The zero-order valence-electron chi connectivity index (χ0n) is 9.06. The molecule has 94 valence electrons. The Labute approximate surface area is 133 Å². The number of hydrogen-bond acceptors (Lipinski definition) is 3. The van der Waals surface area contributed by atoms with E-state index in [0.29, 0.717) is 6.42 Å². The first kappa shape index (κ1) is 14.5. The zero-order valence-corrected chi connectivity index (χ0v) is 15.4. The largest absolute Gasteiger partial charge is 0.350 e. The average molecular weight is 495 g/mol. The molecule has 0 aromatic heterocycles. The van der Waals surface area contributed by atoms with Crippen LogP contribution in [0.4, 0.5) is 0 Å². The summed E-state index contributed by atoms with van der Waals surface area (Å²) in [5.74, 6) is -1.21. The summed E-state index contributed by atoms with van der Waals surface area (Å²) in [5.41, 5.74) is 0. The SMILES string of the molecule is COC1(OC)[C@]2(Br)C[C@@H](C#N)[C@@]1(Br)C(Br)=C2Br. The molecule has 0 aromatic rings. The van der Waals surface area contributed by atoms with Crippen LogP contribution in [0, 0.1) is 17.2 Å². The number of alkyl halides is 2. The predicted octanol–water partition coefficient (Wildman–Crippen LogP) is 3.80. The van der Waals surface area contributed by atoms with Crippen molar-refractivity contribution in [1.82, 2.24) is 0 Å². The lowest BCUT2D eigenvalue weighted by molar-refractivity contribution is -0.212. The lowest BCUT2D eigenvalue weighted by Crippen LogP contribution is -2.56. The van der Waals surface area contributed by atoms with Crippen LogP contribution in [0.5, 0.6) is 0 Å². The molecular formula is C10H9Br4NO2. The maximum Gasteiger partial charge on any atom is 0.209 e. The summed E-state index contributed by atoms with van der Waals surface area (Å²) in [5, 5.41) is 9.32. The van der Waals surface area contributed by atoms with E-state index in [9.17, 15) is 5.26 Å². The Morgan fingerprint density at radius 2 is 1.76 bits per heavy atom. The van der Waals surface area contributed by atoms with Gasteiger partial charge in [-0.05, 0) is 6.42 Å². The number of ether oxygens (including phenoxy) is 2. The van der Waals surface area contributed by atoms with Gasteiger partial charge < -0.3 is 9.47 Å².